The van der Waals surface area contributed by atoms with Crippen LogP contribution in [0.15, 0.2) is 4.90 Å². The minimum Gasteiger partial charge on any atom is -0.383 e. The van der Waals surface area contributed by atoms with E-state index >= 15 is 0 Å². The number of nitrogens with zero attached hydrogens (tertiary/aromatic N) is 3. The van der Waals surface area contributed by atoms with Crippen molar-refractivity contribution in [3.05, 3.63) is 0 Å². The van der Waals surface area contributed by atoms with Crippen molar-refractivity contribution in [3.8, 4) is 0 Å². The van der Waals surface area contributed by atoms with Crippen LogP contribution in [-0.4, -0.2) is 37.5 Å². The average Bonchev–Trinajstić information content (AvgIpc) is 2.85. The molecule has 1 aliphatic rings. The summed E-state index contributed by atoms with van der Waals surface area (Å²) in [6, 6.07) is 0. The maximum absolute atomic E-state index is 12.0. The monoisotopic (exact) mass is 286 g/mol. The first-order valence-corrected chi connectivity index (χ1v) is 8.51. The normalized spacial score (nSPS) is 16.5. The molecule has 1 aromatic heterocycles. The maximum Gasteiger partial charge on any atom is 0.182 e. The second-order valence-corrected chi connectivity index (χ2v) is 7.53. The second-order valence-electron chi connectivity index (χ2n) is 5.58. The van der Waals surface area contributed by atoms with Crippen LogP contribution >= 0.6 is 0 Å². The Balaban J connectivity index is 2.51. The Hall–Kier alpha value is -1.24. The predicted octanol–water partition coefficient (Wildman–Crippen LogP) is 1.12. The number of rotatable bonds is 4. The molecule has 1 saturated heterocycles. The molecule has 19 heavy (non-hydrogen) atoms. The molecule has 1 aromatic rings. The standard InChI is InChI=1S/C12H22N4O2S/c1-9(2)8-16-11(13)10(19(3,17)18)12(14-16)15-6-4-5-7-15/h9H,4-8,13H2,1-3H3. The minimum atomic E-state index is -3.37. The molecule has 0 atom stereocenters. The third-order valence-electron chi connectivity index (χ3n) is 3.24. The molecule has 108 valence electrons. The van der Waals surface area contributed by atoms with Crippen LogP contribution in [0.3, 0.4) is 0 Å². The van der Waals surface area contributed by atoms with Gasteiger partial charge < -0.3 is 10.6 Å². The summed E-state index contributed by atoms with van der Waals surface area (Å²) in [5, 5.41) is 4.44. The Bertz CT molecular complexity index is 557. The molecule has 0 saturated carbocycles. The summed E-state index contributed by atoms with van der Waals surface area (Å²) < 4.78 is 25.6. The van der Waals surface area contributed by atoms with Crippen LogP contribution in [0.1, 0.15) is 26.7 Å². The van der Waals surface area contributed by atoms with Crippen molar-refractivity contribution in [3.63, 3.8) is 0 Å². The van der Waals surface area contributed by atoms with Crippen molar-refractivity contribution in [1.29, 1.82) is 0 Å². The number of hydrogen-bond acceptors (Lipinski definition) is 5. The van der Waals surface area contributed by atoms with Gasteiger partial charge in [-0.05, 0) is 18.8 Å². The molecule has 0 amide bonds. The topological polar surface area (TPSA) is 81.2 Å². The molecule has 0 aromatic carbocycles. The number of sulfone groups is 1. The van der Waals surface area contributed by atoms with Gasteiger partial charge in [0.1, 0.15) is 5.82 Å². The van der Waals surface area contributed by atoms with Crippen molar-refractivity contribution in [1.82, 2.24) is 9.78 Å². The minimum absolute atomic E-state index is 0.190. The first-order chi connectivity index (χ1) is 8.80. The van der Waals surface area contributed by atoms with E-state index in [2.05, 4.69) is 18.9 Å². The van der Waals surface area contributed by atoms with Crippen LogP contribution in [0.5, 0.6) is 0 Å². The van der Waals surface area contributed by atoms with E-state index in [1.165, 1.54) is 6.26 Å². The molecule has 0 aliphatic carbocycles. The number of aromatic nitrogens is 2. The fourth-order valence-corrected chi connectivity index (χ4v) is 3.41. The molecule has 0 bridgehead atoms. The lowest BCUT2D eigenvalue weighted by molar-refractivity contribution is 0.488. The van der Waals surface area contributed by atoms with Gasteiger partial charge in [-0.3, -0.25) is 0 Å². The molecule has 1 aliphatic heterocycles. The lowest BCUT2D eigenvalue weighted by Gasteiger charge is -2.15. The lowest BCUT2D eigenvalue weighted by atomic mass is 10.2. The number of nitrogen functional groups attached to an aromatic ring is 1. The van der Waals surface area contributed by atoms with Gasteiger partial charge >= 0.3 is 0 Å². The average molecular weight is 286 g/mol. The zero-order chi connectivity index (χ0) is 14.2. The highest BCUT2D eigenvalue weighted by Gasteiger charge is 2.29. The van der Waals surface area contributed by atoms with Crippen LogP contribution in [0.25, 0.3) is 0 Å². The summed E-state index contributed by atoms with van der Waals surface area (Å²) in [5.41, 5.74) is 6.00. The molecule has 0 radical (unpaired) electrons. The number of hydrogen-bond donors (Lipinski definition) is 1. The summed E-state index contributed by atoms with van der Waals surface area (Å²) in [5.74, 6) is 1.15. The van der Waals surface area contributed by atoms with Gasteiger partial charge in [0.05, 0.1) is 0 Å². The first-order valence-electron chi connectivity index (χ1n) is 6.62. The van der Waals surface area contributed by atoms with Gasteiger partial charge in [0.25, 0.3) is 0 Å². The fourth-order valence-electron chi connectivity index (χ4n) is 2.42. The molecule has 6 nitrogen and oxygen atoms in total. The van der Waals surface area contributed by atoms with E-state index in [-0.39, 0.29) is 10.7 Å². The Morgan fingerprint density at radius 3 is 2.37 bits per heavy atom. The van der Waals surface area contributed by atoms with Gasteiger partial charge in [0, 0.05) is 25.9 Å². The Morgan fingerprint density at radius 1 is 1.32 bits per heavy atom. The van der Waals surface area contributed by atoms with E-state index in [9.17, 15) is 8.42 Å². The van der Waals surface area contributed by atoms with Crippen molar-refractivity contribution in [2.24, 2.45) is 5.92 Å². The largest absolute Gasteiger partial charge is 0.383 e. The van der Waals surface area contributed by atoms with Crippen molar-refractivity contribution in [2.75, 3.05) is 30.0 Å². The zero-order valence-electron chi connectivity index (χ0n) is 11.8. The highest BCUT2D eigenvalue weighted by atomic mass is 32.2. The molecular weight excluding hydrogens is 264 g/mol. The molecule has 2 N–H and O–H groups in total. The molecule has 2 rings (SSSR count). The van der Waals surface area contributed by atoms with E-state index in [0.29, 0.717) is 18.3 Å². The zero-order valence-corrected chi connectivity index (χ0v) is 12.6. The van der Waals surface area contributed by atoms with Gasteiger partial charge in [-0.2, -0.15) is 5.10 Å². The summed E-state index contributed by atoms with van der Waals surface area (Å²) in [6.07, 6.45) is 3.33. The second kappa shape index (κ2) is 5.03. The quantitative estimate of drug-likeness (QED) is 0.897. The van der Waals surface area contributed by atoms with Crippen LogP contribution < -0.4 is 10.6 Å². The van der Waals surface area contributed by atoms with Gasteiger partial charge in [0.2, 0.25) is 0 Å². The van der Waals surface area contributed by atoms with E-state index in [0.717, 1.165) is 25.9 Å². The molecule has 7 heteroatoms. The van der Waals surface area contributed by atoms with Gasteiger partial charge in [-0.25, -0.2) is 13.1 Å². The van der Waals surface area contributed by atoms with E-state index in [4.69, 9.17) is 5.73 Å². The number of nitrogens with two attached hydrogens (primary N) is 1. The van der Waals surface area contributed by atoms with Crippen LogP contribution in [0.2, 0.25) is 0 Å². The van der Waals surface area contributed by atoms with Crippen molar-refractivity contribution < 1.29 is 8.42 Å². The molecule has 0 spiro atoms. The van der Waals surface area contributed by atoms with Gasteiger partial charge in [-0.1, -0.05) is 13.8 Å². The smallest absolute Gasteiger partial charge is 0.182 e. The first kappa shape index (κ1) is 14.2. The maximum atomic E-state index is 12.0. The fraction of sp³-hybridized carbons (Fsp3) is 0.750. The SMILES string of the molecule is CC(C)Cn1nc(N2CCCC2)c(S(C)(=O)=O)c1N. The van der Waals surface area contributed by atoms with E-state index < -0.39 is 9.84 Å². The highest BCUT2D eigenvalue weighted by molar-refractivity contribution is 7.91. The van der Waals surface area contributed by atoms with Crippen molar-refractivity contribution >= 4 is 21.5 Å². The Labute approximate surface area is 114 Å². The summed E-state index contributed by atoms with van der Waals surface area (Å²) in [6.45, 7) is 6.43. The van der Waals surface area contributed by atoms with Crippen LogP contribution in [-0.2, 0) is 16.4 Å². The van der Waals surface area contributed by atoms with Crippen molar-refractivity contribution in [2.45, 2.75) is 38.1 Å². The third-order valence-corrected chi connectivity index (χ3v) is 4.38. The summed E-state index contributed by atoms with van der Waals surface area (Å²) in [4.78, 5) is 2.21. The molecule has 1 fully saturated rings. The number of anilines is 2. The third kappa shape index (κ3) is 2.86. The van der Waals surface area contributed by atoms with Crippen LogP contribution in [0.4, 0.5) is 11.6 Å². The predicted molar refractivity (Wildman–Crippen MR) is 76.0 cm³/mol. The summed E-state index contributed by atoms with van der Waals surface area (Å²) >= 11 is 0. The highest BCUT2D eigenvalue weighted by Crippen LogP contribution is 2.32. The van der Waals surface area contributed by atoms with Crippen LogP contribution in [0, 0.1) is 5.92 Å². The Morgan fingerprint density at radius 2 is 1.89 bits per heavy atom. The Kier molecular flexibility index (Phi) is 3.75. The molecule has 0 unspecified atom stereocenters. The van der Waals surface area contributed by atoms with E-state index in [1.807, 2.05) is 4.90 Å². The molecule has 2 heterocycles. The molecular formula is C12H22N4O2S. The lowest BCUT2D eigenvalue weighted by Crippen LogP contribution is -2.20. The van der Waals surface area contributed by atoms with Gasteiger partial charge in [-0.15, -0.1) is 0 Å². The van der Waals surface area contributed by atoms with Gasteiger partial charge in [0.15, 0.2) is 20.6 Å². The van der Waals surface area contributed by atoms with E-state index in [1.54, 1.807) is 4.68 Å². The summed E-state index contributed by atoms with van der Waals surface area (Å²) in [7, 11) is -3.37.